The van der Waals surface area contributed by atoms with Crippen molar-refractivity contribution in [3.05, 3.63) is 18.0 Å². The van der Waals surface area contributed by atoms with Gasteiger partial charge < -0.3 is 15.0 Å². The van der Waals surface area contributed by atoms with E-state index in [0.29, 0.717) is 37.1 Å². The zero-order valence-electron chi connectivity index (χ0n) is 14.4. The van der Waals surface area contributed by atoms with E-state index in [-0.39, 0.29) is 12.0 Å². The lowest BCUT2D eigenvalue weighted by molar-refractivity contribution is -0.0260. The smallest absolute Gasteiger partial charge is 0.257 e. The van der Waals surface area contributed by atoms with E-state index in [2.05, 4.69) is 29.1 Å². The van der Waals surface area contributed by atoms with E-state index in [0.717, 1.165) is 19.4 Å². The van der Waals surface area contributed by atoms with Crippen LogP contribution in [0, 0.1) is 5.92 Å². The van der Waals surface area contributed by atoms with Crippen LogP contribution in [0.15, 0.2) is 12.4 Å². The number of carbonyl (C=O) groups excluding carboxylic acids is 1. The highest BCUT2D eigenvalue weighted by Crippen LogP contribution is 2.16. The molecule has 1 atom stereocenters. The van der Waals surface area contributed by atoms with Gasteiger partial charge in [0, 0.05) is 32.0 Å². The van der Waals surface area contributed by atoms with Crippen molar-refractivity contribution < 1.29 is 9.53 Å². The van der Waals surface area contributed by atoms with Gasteiger partial charge in [-0.3, -0.25) is 4.79 Å². The highest BCUT2D eigenvalue weighted by molar-refractivity contribution is 5.93. The summed E-state index contributed by atoms with van der Waals surface area (Å²) in [6, 6.07) is 0. The van der Waals surface area contributed by atoms with Crippen molar-refractivity contribution in [3.63, 3.8) is 0 Å². The maximum absolute atomic E-state index is 12.6. The SMILES string of the molecule is CCNc1ncc(C(=O)N2CCO[C@H](CCCC(C)C)C2)cn1. The Kier molecular flexibility index (Phi) is 6.77. The average Bonchev–Trinajstić information content (AvgIpc) is 2.55. The van der Waals surface area contributed by atoms with Crippen LogP contribution in [0.4, 0.5) is 5.95 Å². The molecule has 2 rings (SSSR count). The van der Waals surface area contributed by atoms with Crippen LogP contribution in [0.25, 0.3) is 0 Å². The van der Waals surface area contributed by atoms with E-state index in [1.54, 1.807) is 12.4 Å². The van der Waals surface area contributed by atoms with E-state index in [9.17, 15) is 4.79 Å². The predicted octanol–water partition coefficient (Wildman–Crippen LogP) is 2.58. The first kappa shape index (κ1) is 17.7. The third-order valence-corrected chi connectivity index (χ3v) is 3.97. The fourth-order valence-electron chi connectivity index (χ4n) is 2.70. The molecule has 1 fully saturated rings. The van der Waals surface area contributed by atoms with Gasteiger partial charge in [-0.2, -0.15) is 0 Å². The molecule has 1 N–H and O–H groups in total. The van der Waals surface area contributed by atoms with Crippen LogP contribution in [-0.4, -0.2) is 53.1 Å². The molecule has 1 aliphatic rings. The van der Waals surface area contributed by atoms with Crippen molar-refractivity contribution in [2.75, 3.05) is 31.6 Å². The number of ether oxygens (including phenoxy) is 1. The van der Waals surface area contributed by atoms with Crippen LogP contribution in [0.3, 0.4) is 0 Å². The fraction of sp³-hybridized carbons (Fsp3) is 0.706. The molecule has 0 saturated carbocycles. The Morgan fingerprint density at radius 3 is 2.83 bits per heavy atom. The summed E-state index contributed by atoms with van der Waals surface area (Å²) in [5.74, 6) is 1.26. The summed E-state index contributed by atoms with van der Waals surface area (Å²) >= 11 is 0. The van der Waals surface area contributed by atoms with Crippen molar-refractivity contribution in [1.29, 1.82) is 0 Å². The van der Waals surface area contributed by atoms with E-state index < -0.39 is 0 Å². The third-order valence-electron chi connectivity index (χ3n) is 3.97. The van der Waals surface area contributed by atoms with Crippen LogP contribution in [-0.2, 0) is 4.74 Å². The van der Waals surface area contributed by atoms with E-state index in [1.807, 2.05) is 11.8 Å². The van der Waals surface area contributed by atoms with Gasteiger partial charge in [0.05, 0.1) is 18.3 Å². The lowest BCUT2D eigenvalue weighted by Gasteiger charge is -2.33. The summed E-state index contributed by atoms with van der Waals surface area (Å²) in [7, 11) is 0. The van der Waals surface area contributed by atoms with Gasteiger partial charge in [-0.25, -0.2) is 9.97 Å². The van der Waals surface area contributed by atoms with Crippen LogP contribution < -0.4 is 5.32 Å². The maximum atomic E-state index is 12.6. The number of hydrogen-bond donors (Lipinski definition) is 1. The summed E-state index contributed by atoms with van der Waals surface area (Å²) in [5, 5.41) is 3.03. The van der Waals surface area contributed by atoms with Crippen LogP contribution in [0.5, 0.6) is 0 Å². The van der Waals surface area contributed by atoms with Gasteiger partial charge in [0.2, 0.25) is 5.95 Å². The second kappa shape index (κ2) is 8.82. The summed E-state index contributed by atoms with van der Waals surface area (Å²) in [6.07, 6.45) is 6.69. The van der Waals surface area contributed by atoms with Crippen LogP contribution >= 0.6 is 0 Å². The lowest BCUT2D eigenvalue weighted by atomic mass is 10.0. The highest BCUT2D eigenvalue weighted by Gasteiger charge is 2.25. The Balaban J connectivity index is 1.88. The molecule has 0 spiro atoms. The van der Waals surface area contributed by atoms with Crippen molar-refractivity contribution in [3.8, 4) is 0 Å². The molecular weight excluding hydrogens is 292 g/mol. The molecule has 6 heteroatoms. The molecule has 0 aromatic carbocycles. The van der Waals surface area contributed by atoms with Crippen LogP contribution in [0.1, 0.15) is 50.4 Å². The van der Waals surface area contributed by atoms with Gasteiger partial charge in [-0.1, -0.05) is 26.7 Å². The monoisotopic (exact) mass is 320 g/mol. The largest absolute Gasteiger partial charge is 0.375 e. The Bertz CT molecular complexity index is 490. The number of amides is 1. The molecule has 0 bridgehead atoms. The molecule has 0 aliphatic carbocycles. The molecular formula is C17H28N4O2. The average molecular weight is 320 g/mol. The normalized spacial score (nSPS) is 18.3. The molecule has 1 saturated heterocycles. The molecule has 1 amide bonds. The summed E-state index contributed by atoms with van der Waals surface area (Å²) in [5.41, 5.74) is 0.537. The Morgan fingerprint density at radius 1 is 1.43 bits per heavy atom. The van der Waals surface area contributed by atoms with Gasteiger partial charge in [0.15, 0.2) is 0 Å². The number of anilines is 1. The van der Waals surface area contributed by atoms with Crippen molar-refractivity contribution in [1.82, 2.24) is 14.9 Å². The summed E-state index contributed by atoms with van der Waals surface area (Å²) in [6.45, 7) is 9.10. The molecule has 2 heterocycles. The maximum Gasteiger partial charge on any atom is 0.257 e. The molecule has 128 valence electrons. The zero-order chi connectivity index (χ0) is 16.7. The van der Waals surface area contributed by atoms with Gasteiger partial charge in [-0.15, -0.1) is 0 Å². The van der Waals surface area contributed by atoms with Gasteiger partial charge in [-0.05, 0) is 19.3 Å². The topological polar surface area (TPSA) is 67.4 Å². The van der Waals surface area contributed by atoms with Crippen molar-refractivity contribution >= 4 is 11.9 Å². The van der Waals surface area contributed by atoms with E-state index in [4.69, 9.17) is 4.74 Å². The molecule has 1 aromatic heterocycles. The van der Waals surface area contributed by atoms with Crippen molar-refractivity contribution in [2.24, 2.45) is 5.92 Å². The van der Waals surface area contributed by atoms with E-state index >= 15 is 0 Å². The second-order valence-electron chi connectivity index (χ2n) is 6.39. The number of nitrogens with one attached hydrogen (secondary N) is 1. The second-order valence-corrected chi connectivity index (χ2v) is 6.39. The zero-order valence-corrected chi connectivity index (χ0v) is 14.4. The number of hydrogen-bond acceptors (Lipinski definition) is 5. The standard InChI is InChI=1S/C17H28N4O2/c1-4-18-17-19-10-14(11-20-17)16(22)21-8-9-23-15(12-21)7-5-6-13(2)3/h10-11,13,15H,4-9,12H2,1-3H3,(H,18,19,20)/t15-/m1/s1. The van der Waals surface area contributed by atoms with Gasteiger partial charge in [0.1, 0.15) is 0 Å². The minimum Gasteiger partial charge on any atom is -0.375 e. The summed E-state index contributed by atoms with van der Waals surface area (Å²) < 4.78 is 5.79. The molecule has 0 unspecified atom stereocenters. The minimum absolute atomic E-state index is 0.00907. The van der Waals surface area contributed by atoms with E-state index in [1.165, 1.54) is 6.42 Å². The fourth-order valence-corrected chi connectivity index (χ4v) is 2.70. The van der Waals surface area contributed by atoms with Crippen LogP contribution in [0.2, 0.25) is 0 Å². The highest BCUT2D eigenvalue weighted by atomic mass is 16.5. The van der Waals surface area contributed by atoms with Gasteiger partial charge in [0.25, 0.3) is 5.91 Å². The minimum atomic E-state index is -0.00907. The Hall–Kier alpha value is -1.69. The Morgan fingerprint density at radius 2 is 2.17 bits per heavy atom. The first-order valence-electron chi connectivity index (χ1n) is 8.57. The number of aromatic nitrogens is 2. The molecule has 6 nitrogen and oxygen atoms in total. The number of rotatable bonds is 7. The number of carbonyl (C=O) groups is 1. The quantitative estimate of drug-likeness (QED) is 0.836. The molecule has 23 heavy (non-hydrogen) atoms. The first-order chi connectivity index (χ1) is 11.1. The first-order valence-corrected chi connectivity index (χ1v) is 8.57. The third kappa shape index (κ3) is 5.46. The van der Waals surface area contributed by atoms with Gasteiger partial charge >= 0.3 is 0 Å². The molecule has 0 radical (unpaired) electrons. The summed E-state index contributed by atoms with van der Waals surface area (Å²) in [4.78, 5) is 22.8. The number of nitrogens with zero attached hydrogens (tertiary/aromatic N) is 3. The predicted molar refractivity (Wildman–Crippen MR) is 90.5 cm³/mol. The molecule has 1 aliphatic heterocycles. The number of morpholine rings is 1. The molecule has 1 aromatic rings. The Labute approximate surface area is 138 Å². The lowest BCUT2D eigenvalue weighted by Crippen LogP contribution is -2.45. The van der Waals surface area contributed by atoms with Crippen molar-refractivity contribution in [2.45, 2.75) is 46.1 Å².